The van der Waals surface area contributed by atoms with E-state index >= 15 is 0 Å². The summed E-state index contributed by atoms with van der Waals surface area (Å²) in [5.41, 5.74) is -0.774. The van der Waals surface area contributed by atoms with Gasteiger partial charge in [0.2, 0.25) is 5.91 Å². The molecule has 2 aliphatic heterocycles. The molecular formula is C23H31FN2O4. The molecule has 0 spiro atoms. The van der Waals surface area contributed by atoms with Gasteiger partial charge in [0.25, 0.3) is 0 Å². The molecule has 2 heterocycles. The molecule has 2 N–H and O–H groups in total. The number of aliphatic hydroxyl groups excluding tert-OH is 1. The van der Waals surface area contributed by atoms with Crippen molar-refractivity contribution >= 4 is 11.9 Å². The van der Waals surface area contributed by atoms with Crippen molar-refractivity contribution < 1.29 is 24.2 Å². The van der Waals surface area contributed by atoms with Crippen LogP contribution in [0.2, 0.25) is 0 Å². The molecule has 2 saturated heterocycles. The molecular weight excluding hydrogens is 387 g/mol. The molecule has 1 saturated carbocycles. The first kappa shape index (κ1) is 21.2. The van der Waals surface area contributed by atoms with Crippen LogP contribution >= 0.6 is 0 Å². The Morgan fingerprint density at radius 3 is 2.43 bits per heavy atom. The molecule has 0 bridgehead atoms. The maximum atomic E-state index is 13.6. The van der Waals surface area contributed by atoms with Gasteiger partial charge in [-0.25, -0.2) is 4.39 Å². The molecule has 2 atom stereocenters. The summed E-state index contributed by atoms with van der Waals surface area (Å²) in [6.45, 7) is 2.30. The number of aliphatic hydroxyl groups is 1. The second kappa shape index (κ2) is 8.63. The predicted molar refractivity (Wildman–Crippen MR) is 109 cm³/mol. The van der Waals surface area contributed by atoms with Gasteiger partial charge in [-0.05, 0) is 56.2 Å². The Morgan fingerprint density at radius 1 is 1.10 bits per heavy atom. The van der Waals surface area contributed by atoms with Gasteiger partial charge in [0.1, 0.15) is 11.2 Å². The Morgan fingerprint density at radius 2 is 1.83 bits per heavy atom. The predicted octanol–water partition coefficient (Wildman–Crippen LogP) is 2.30. The normalized spacial score (nSPS) is 28.9. The van der Waals surface area contributed by atoms with Gasteiger partial charge in [-0.2, -0.15) is 0 Å². The average molecular weight is 419 g/mol. The lowest BCUT2D eigenvalue weighted by molar-refractivity contribution is -0.165. The molecule has 7 heteroatoms. The lowest BCUT2D eigenvalue weighted by Crippen LogP contribution is -2.60. The molecule has 1 aliphatic carbocycles. The number of carbonyl (C=O) groups is 2. The summed E-state index contributed by atoms with van der Waals surface area (Å²) in [6.07, 6.45) is 4.29. The number of likely N-dealkylation sites (tertiary alicyclic amines) is 2. The number of rotatable bonds is 5. The number of halogens is 1. The van der Waals surface area contributed by atoms with E-state index in [4.69, 9.17) is 0 Å². The van der Waals surface area contributed by atoms with Crippen molar-refractivity contribution in [2.75, 3.05) is 26.2 Å². The summed E-state index contributed by atoms with van der Waals surface area (Å²) in [5, 5.41) is 20.8. The lowest BCUT2D eigenvalue weighted by atomic mass is 9.72. The zero-order chi connectivity index (χ0) is 21.3. The highest BCUT2D eigenvalue weighted by Gasteiger charge is 2.50. The van der Waals surface area contributed by atoms with Crippen molar-refractivity contribution in [3.8, 4) is 0 Å². The highest BCUT2D eigenvalue weighted by atomic mass is 19.1. The number of carboxylic acids is 1. The van der Waals surface area contributed by atoms with Crippen LogP contribution in [0.1, 0.15) is 44.1 Å². The smallest absolute Gasteiger partial charge is 0.313 e. The molecule has 30 heavy (non-hydrogen) atoms. The van der Waals surface area contributed by atoms with Gasteiger partial charge in [0, 0.05) is 38.1 Å². The number of amides is 1. The third kappa shape index (κ3) is 4.10. The van der Waals surface area contributed by atoms with E-state index in [1.165, 1.54) is 12.1 Å². The van der Waals surface area contributed by atoms with Crippen LogP contribution in [-0.4, -0.2) is 70.2 Å². The van der Waals surface area contributed by atoms with Gasteiger partial charge in [0.15, 0.2) is 0 Å². The number of hydrogen-bond donors (Lipinski definition) is 2. The number of nitrogens with zero attached hydrogens (tertiary/aromatic N) is 2. The molecule has 3 aliphatic rings. The Balaban J connectivity index is 1.44. The van der Waals surface area contributed by atoms with Gasteiger partial charge >= 0.3 is 5.97 Å². The topological polar surface area (TPSA) is 81.1 Å². The van der Waals surface area contributed by atoms with Crippen LogP contribution in [0, 0.1) is 17.2 Å². The summed E-state index contributed by atoms with van der Waals surface area (Å²) in [4.78, 5) is 29.0. The van der Waals surface area contributed by atoms with E-state index in [0.29, 0.717) is 31.6 Å². The minimum Gasteiger partial charge on any atom is -0.481 e. The van der Waals surface area contributed by atoms with E-state index in [-0.39, 0.29) is 30.8 Å². The lowest BCUT2D eigenvalue weighted by Gasteiger charge is -2.48. The van der Waals surface area contributed by atoms with Crippen LogP contribution in [0.25, 0.3) is 0 Å². The van der Waals surface area contributed by atoms with Gasteiger partial charge in [-0.3, -0.25) is 14.5 Å². The van der Waals surface area contributed by atoms with Crippen LogP contribution in [0.4, 0.5) is 4.39 Å². The molecule has 1 aromatic carbocycles. The maximum Gasteiger partial charge on any atom is 0.313 e. The fourth-order valence-electron chi connectivity index (χ4n) is 5.26. The number of carbonyl (C=O) groups excluding carboxylic acids is 1. The standard InChI is InChI=1S/C23H31FN2O4/c24-18-6-1-3-16(13-18)14-23(22(29)30)15-26(12-9-20(23)27)19-7-10-25(11-8-19)21(28)17-4-2-5-17/h1,3,6,13,17,19-20,27H,2,4-5,7-12,14-15H2,(H,29,30)/t20-,23+/m0/s1. The van der Waals surface area contributed by atoms with Crippen molar-refractivity contribution in [1.82, 2.24) is 9.80 Å². The van der Waals surface area contributed by atoms with Crippen molar-refractivity contribution in [2.24, 2.45) is 11.3 Å². The first-order valence-electron chi connectivity index (χ1n) is 11.1. The Kier molecular flexibility index (Phi) is 6.11. The monoisotopic (exact) mass is 418 g/mol. The highest BCUT2D eigenvalue weighted by molar-refractivity contribution is 5.79. The zero-order valence-electron chi connectivity index (χ0n) is 17.3. The third-order valence-electron chi connectivity index (χ3n) is 7.39. The molecule has 4 rings (SSSR count). The van der Waals surface area contributed by atoms with Gasteiger partial charge < -0.3 is 15.1 Å². The summed E-state index contributed by atoms with van der Waals surface area (Å²) >= 11 is 0. The summed E-state index contributed by atoms with van der Waals surface area (Å²) < 4.78 is 13.6. The first-order chi connectivity index (χ1) is 14.4. The van der Waals surface area contributed by atoms with E-state index in [0.717, 1.165) is 32.1 Å². The van der Waals surface area contributed by atoms with Crippen molar-refractivity contribution in [2.45, 2.75) is 57.1 Å². The number of carboxylic acid groups (broad SMARTS) is 1. The van der Waals surface area contributed by atoms with Crippen molar-refractivity contribution in [1.29, 1.82) is 0 Å². The second-order valence-electron chi connectivity index (χ2n) is 9.23. The summed E-state index contributed by atoms with van der Waals surface area (Å²) in [5.74, 6) is -0.961. The van der Waals surface area contributed by atoms with E-state index in [1.807, 2.05) is 4.90 Å². The van der Waals surface area contributed by atoms with E-state index in [2.05, 4.69) is 4.90 Å². The summed E-state index contributed by atoms with van der Waals surface area (Å²) in [7, 11) is 0. The van der Waals surface area contributed by atoms with Crippen LogP contribution in [0.15, 0.2) is 24.3 Å². The minimum absolute atomic E-state index is 0.0940. The molecule has 164 valence electrons. The highest BCUT2D eigenvalue weighted by Crippen LogP contribution is 2.37. The third-order valence-corrected chi connectivity index (χ3v) is 7.39. The molecule has 6 nitrogen and oxygen atoms in total. The zero-order valence-corrected chi connectivity index (χ0v) is 17.3. The van der Waals surface area contributed by atoms with Crippen molar-refractivity contribution in [3.05, 3.63) is 35.6 Å². The quantitative estimate of drug-likeness (QED) is 0.767. The number of hydrogen-bond acceptors (Lipinski definition) is 4. The van der Waals surface area contributed by atoms with E-state index < -0.39 is 23.3 Å². The van der Waals surface area contributed by atoms with E-state index in [1.54, 1.807) is 12.1 Å². The second-order valence-corrected chi connectivity index (χ2v) is 9.23. The number of benzene rings is 1. The largest absolute Gasteiger partial charge is 0.481 e. The van der Waals surface area contributed by atoms with Gasteiger partial charge in [-0.1, -0.05) is 18.6 Å². The van der Waals surface area contributed by atoms with Crippen LogP contribution < -0.4 is 0 Å². The van der Waals surface area contributed by atoms with E-state index in [9.17, 15) is 24.2 Å². The molecule has 1 aromatic rings. The van der Waals surface area contributed by atoms with Crippen LogP contribution in [0.3, 0.4) is 0 Å². The Bertz CT molecular complexity index is 791. The Labute approximate surface area is 176 Å². The van der Waals surface area contributed by atoms with Gasteiger partial charge in [0.05, 0.1) is 6.10 Å². The fraction of sp³-hybridized carbons (Fsp3) is 0.652. The minimum atomic E-state index is -1.36. The molecule has 0 radical (unpaired) electrons. The SMILES string of the molecule is O=C(C1CCC1)N1CCC(N2CC[C@H](O)[C@](Cc3cccc(F)c3)(C(=O)O)C2)CC1. The average Bonchev–Trinajstić information content (AvgIpc) is 2.68. The first-order valence-corrected chi connectivity index (χ1v) is 11.1. The number of aliphatic carboxylic acids is 1. The molecule has 1 amide bonds. The Hall–Kier alpha value is -1.99. The number of piperidine rings is 2. The molecule has 0 aromatic heterocycles. The fourth-order valence-corrected chi connectivity index (χ4v) is 5.26. The maximum absolute atomic E-state index is 13.6. The van der Waals surface area contributed by atoms with Crippen LogP contribution in [-0.2, 0) is 16.0 Å². The summed E-state index contributed by atoms with van der Waals surface area (Å²) in [6, 6.07) is 6.17. The molecule has 0 unspecified atom stereocenters. The molecule has 3 fully saturated rings. The van der Waals surface area contributed by atoms with Crippen LogP contribution in [0.5, 0.6) is 0 Å². The van der Waals surface area contributed by atoms with Crippen molar-refractivity contribution in [3.63, 3.8) is 0 Å². The van der Waals surface area contributed by atoms with Gasteiger partial charge in [-0.15, -0.1) is 0 Å².